The minimum Gasteiger partial charge on any atom is -0.326 e. The molecule has 5 nitrogen and oxygen atoms in total. The Balaban J connectivity index is 1.63. The first-order valence-corrected chi connectivity index (χ1v) is 8.05. The largest absolute Gasteiger partial charge is 0.326 e. The third-order valence-corrected chi connectivity index (χ3v) is 4.20. The molecule has 0 radical (unpaired) electrons. The van der Waals surface area contributed by atoms with Crippen molar-refractivity contribution < 1.29 is 13.6 Å². The second-order valence-electron chi connectivity index (χ2n) is 6.22. The Kier molecular flexibility index (Phi) is 4.59. The molecule has 1 aliphatic heterocycles. The summed E-state index contributed by atoms with van der Waals surface area (Å²) in [5, 5.41) is 6.61. The first-order valence-electron chi connectivity index (χ1n) is 8.05. The van der Waals surface area contributed by atoms with Crippen LogP contribution in [0.15, 0.2) is 30.3 Å². The van der Waals surface area contributed by atoms with Gasteiger partial charge >= 0.3 is 0 Å². The number of rotatable bonds is 5. The number of nitrogens with zero attached hydrogens (tertiary/aromatic N) is 3. The standard InChI is InChI=1S/C17H20F2N4O/c1-12-20-16(22-21-12)14-10-17(18,19)11-23(14)15(24)9-5-8-13-6-3-2-4-7-13/h2-4,6-7,14H,5,8-11H2,1H3,(H,20,21,22)/t14-/m0/s1. The lowest BCUT2D eigenvalue weighted by Crippen LogP contribution is -2.33. The fourth-order valence-corrected chi connectivity index (χ4v) is 3.05. The fourth-order valence-electron chi connectivity index (χ4n) is 3.05. The van der Waals surface area contributed by atoms with Gasteiger partial charge in [-0.25, -0.2) is 13.8 Å². The van der Waals surface area contributed by atoms with Gasteiger partial charge in [-0.05, 0) is 25.3 Å². The number of benzene rings is 1. The van der Waals surface area contributed by atoms with Crippen molar-refractivity contribution in [3.63, 3.8) is 0 Å². The van der Waals surface area contributed by atoms with Gasteiger partial charge in [-0.1, -0.05) is 30.3 Å². The Bertz CT molecular complexity index is 702. The van der Waals surface area contributed by atoms with Crippen molar-refractivity contribution in [3.8, 4) is 0 Å². The summed E-state index contributed by atoms with van der Waals surface area (Å²) in [7, 11) is 0. The number of halogens is 2. The highest BCUT2D eigenvalue weighted by atomic mass is 19.3. The molecular formula is C17H20F2N4O. The molecule has 1 aromatic carbocycles. The molecule has 2 heterocycles. The van der Waals surface area contributed by atoms with E-state index in [0.717, 1.165) is 12.0 Å². The molecule has 128 valence electrons. The first kappa shape index (κ1) is 16.5. The topological polar surface area (TPSA) is 61.9 Å². The minimum atomic E-state index is -2.89. The average Bonchev–Trinajstić information content (AvgIpc) is 3.11. The summed E-state index contributed by atoms with van der Waals surface area (Å²) in [6.07, 6.45) is 1.20. The smallest absolute Gasteiger partial charge is 0.267 e. The normalized spacial score (nSPS) is 19.6. The van der Waals surface area contributed by atoms with E-state index in [-0.39, 0.29) is 18.2 Å². The van der Waals surface area contributed by atoms with E-state index in [1.54, 1.807) is 6.92 Å². The third-order valence-electron chi connectivity index (χ3n) is 4.20. The number of alkyl halides is 2. The number of carbonyl (C=O) groups is 1. The van der Waals surface area contributed by atoms with Crippen LogP contribution in [0.4, 0.5) is 8.78 Å². The molecule has 1 aromatic heterocycles. The third kappa shape index (κ3) is 3.77. The lowest BCUT2D eigenvalue weighted by Gasteiger charge is -2.21. The number of aryl methyl sites for hydroxylation is 2. The summed E-state index contributed by atoms with van der Waals surface area (Å²) in [6, 6.07) is 9.06. The average molecular weight is 334 g/mol. The number of amides is 1. The van der Waals surface area contributed by atoms with E-state index >= 15 is 0 Å². The number of nitrogens with one attached hydrogen (secondary N) is 1. The number of H-pyrrole nitrogens is 1. The van der Waals surface area contributed by atoms with Crippen molar-refractivity contribution in [1.29, 1.82) is 0 Å². The van der Waals surface area contributed by atoms with Gasteiger partial charge in [0.2, 0.25) is 5.91 Å². The summed E-state index contributed by atoms with van der Waals surface area (Å²) in [4.78, 5) is 17.8. The summed E-state index contributed by atoms with van der Waals surface area (Å²) in [6.45, 7) is 1.14. The molecule has 2 aromatic rings. The molecule has 1 fully saturated rings. The van der Waals surface area contributed by atoms with Crippen LogP contribution in [0.25, 0.3) is 0 Å². The number of aromatic amines is 1. The van der Waals surface area contributed by atoms with Crippen LogP contribution in [0.2, 0.25) is 0 Å². The zero-order valence-corrected chi connectivity index (χ0v) is 13.5. The molecule has 1 N–H and O–H groups in total. The van der Waals surface area contributed by atoms with Crippen molar-refractivity contribution in [2.75, 3.05) is 6.54 Å². The molecule has 1 amide bonds. The molecule has 0 saturated carbocycles. The maximum Gasteiger partial charge on any atom is 0.267 e. The highest BCUT2D eigenvalue weighted by Crippen LogP contribution is 2.40. The van der Waals surface area contributed by atoms with Crippen LogP contribution in [-0.2, 0) is 11.2 Å². The van der Waals surface area contributed by atoms with Gasteiger partial charge in [-0.3, -0.25) is 9.89 Å². The van der Waals surface area contributed by atoms with Crippen molar-refractivity contribution in [1.82, 2.24) is 20.1 Å². The van der Waals surface area contributed by atoms with Crippen LogP contribution >= 0.6 is 0 Å². The van der Waals surface area contributed by atoms with E-state index in [1.165, 1.54) is 4.90 Å². The lowest BCUT2D eigenvalue weighted by atomic mass is 10.1. The highest BCUT2D eigenvalue weighted by molar-refractivity contribution is 5.77. The SMILES string of the molecule is Cc1nc([C@@H]2CC(F)(F)CN2C(=O)CCCc2ccccc2)n[nH]1. The van der Waals surface area contributed by atoms with Crippen molar-refractivity contribution >= 4 is 5.91 Å². The summed E-state index contributed by atoms with van der Waals surface area (Å²) in [5.74, 6) is -2.35. The van der Waals surface area contributed by atoms with E-state index in [9.17, 15) is 13.6 Å². The minimum absolute atomic E-state index is 0.241. The van der Waals surface area contributed by atoms with Gasteiger partial charge in [0.15, 0.2) is 5.82 Å². The Hall–Kier alpha value is -2.31. The van der Waals surface area contributed by atoms with Crippen molar-refractivity contribution in [2.45, 2.75) is 44.6 Å². The molecule has 0 unspecified atom stereocenters. The van der Waals surface area contributed by atoms with Crippen molar-refractivity contribution in [2.24, 2.45) is 0 Å². The first-order chi connectivity index (χ1) is 11.4. The molecule has 1 saturated heterocycles. The number of likely N-dealkylation sites (tertiary alicyclic amines) is 1. The Morgan fingerprint density at radius 2 is 2.12 bits per heavy atom. The molecule has 3 rings (SSSR count). The monoisotopic (exact) mass is 334 g/mol. The van der Waals surface area contributed by atoms with Gasteiger partial charge < -0.3 is 4.90 Å². The maximum atomic E-state index is 13.8. The van der Waals surface area contributed by atoms with Crippen LogP contribution in [0.3, 0.4) is 0 Å². The fraction of sp³-hybridized carbons (Fsp3) is 0.471. The molecular weight excluding hydrogens is 314 g/mol. The quantitative estimate of drug-likeness (QED) is 0.914. The number of aromatic nitrogens is 3. The van der Waals surface area contributed by atoms with Gasteiger partial charge in [0, 0.05) is 12.8 Å². The molecule has 0 spiro atoms. The zero-order chi connectivity index (χ0) is 17.2. The van der Waals surface area contributed by atoms with E-state index in [0.29, 0.717) is 12.2 Å². The molecule has 7 heteroatoms. The highest BCUT2D eigenvalue weighted by Gasteiger charge is 2.48. The Morgan fingerprint density at radius 3 is 2.79 bits per heavy atom. The van der Waals surface area contributed by atoms with E-state index in [1.807, 2.05) is 30.3 Å². The van der Waals surface area contributed by atoms with Gasteiger partial charge in [0.25, 0.3) is 5.92 Å². The van der Waals surface area contributed by atoms with Crippen LogP contribution in [0, 0.1) is 6.92 Å². The van der Waals surface area contributed by atoms with Gasteiger partial charge in [0.05, 0.1) is 12.6 Å². The molecule has 0 aliphatic carbocycles. The van der Waals surface area contributed by atoms with E-state index in [4.69, 9.17) is 0 Å². The van der Waals surface area contributed by atoms with Crippen LogP contribution in [-0.4, -0.2) is 38.5 Å². The molecule has 1 atom stereocenters. The molecule has 24 heavy (non-hydrogen) atoms. The number of hydrogen-bond donors (Lipinski definition) is 1. The van der Waals surface area contributed by atoms with Gasteiger partial charge in [-0.2, -0.15) is 5.10 Å². The number of hydrogen-bond acceptors (Lipinski definition) is 3. The van der Waals surface area contributed by atoms with Crippen LogP contribution in [0.1, 0.15) is 42.5 Å². The van der Waals surface area contributed by atoms with Crippen LogP contribution in [0.5, 0.6) is 0 Å². The van der Waals surface area contributed by atoms with E-state index in [2.05, 4.69) is 15.2 Å². The predicted octanol–water partition coefficient (Wildman–Crippen LogP) is 3.04. The van der Waals surface area contributed by atoms with Gasteiger partial charge in [0.1, 0.15) is 5.82 Å². The summed E-state index contributed by atoms with van der Waals surface area (Å²) < 4.78 is 27.6. The van der Waals surface area contributed by atoms with Gasteiger partial charge in [-0.15, -0.1) is 0 Å². The zero-order valence-electron chi connectivity index (χ0n) is 13.5. The van der Waals surface area contributed by atoms with Crippen molar-refractivity contribution in [3.05, 3.63) is 47.5 Å². The maximum absolute atomic E-state index is 13.8. The van der Waals surface area contributed by atoms with Crippen LogP contribution < -0.4 is 0 Å². The second-order valence-corrected chi connectivity index (χ2v) is 6.22. The molecule has 1 aliphatic rings. The molecule has 0 bridgehead atoms. The summed E-state index contributed by atoms with van der Waals surface area (Å²) in [5.41, 5.74) is 1.14. The number of carbonyl (C=O) groups excluding carboxylic acids is 1. The second kappa shape index (κ2) is 6.67. The van der Waals surface area contributed by atoms with E-state index < -0.39 is 24.9 Å². The Labute approximate surface area is 139 Å². The lowest BCUT2D eigenvalue weighted by molar-refractivity contribution is -0.133. The predicted molar refractivity (Wildman–Crippen MR) is 84.5 cm³/mol. The Morgan fingerprint density at radius 1 is 1.38 bits per heavy atom. The summed E-state index contributed by atoms with van der Waals surface area (Å²) >= 11 is 0.